The van der Waals surface area contributed by atoms with Gasteiger partial charge in [-0.1, -0.05) is 135 Å². The van der Waals surface area contributed by atoms with Crippen molar-refractivity contribution in [1.29, 1.82) is 0 Å². The topological polar surface area (TPSA) is 29.5 Å². The Morgan fingerprint density at radius 3 is 1.73 bits per heavy atom. The van der Waals surface area contributed by atoms with Crippen molar-refractivity contribution in [2.24, 2.45) is 0 Å². The van der Waals surface area contributed by atoms with Gasteiger partial charge in [-0.05, 0) is 101 Å². The van der Waals surface area contributed by atoms with Crippen LogP contribution in [0.15, 0.2) is 179 Å². The van der Waals surface area contributed by atoms with Gasteiger partial charge in [0.1, 0.15) is 22.3 Å². The lowest BCUT2D eigenvalue weighted by atomic mass is 9.80. The Morgan fingerprint density at radius 1 is 0.418 bits per heavy atom. The number of hydrogen-bond donors (Lipinski definition) is 0. The fraction of sp³-hybridized carbons (Fsp3) is 0.115. The number of furan rings is 2. The standard InChI is InChI=1S/C52H39NO2/c1-2-14-34(15-3-1)39-22-12-16-35-17-13-23-43(52(35)39)40-19-5-9-25-47(40)53(37-29-31-51-45(33-37)42-21-7-11-27-49(42)55-51)46-24-8-4-18-38(46)36-28-30-50-44(32-36)41-20-6-10-26-48(41)54-50/h4-13,16-34H,1-3,14-15H2. The smallest absolute Gasteiger partial charge is 0.135 e. The van der Waals surface area contributed by atoms with Crippen molar-refractivity contribution in [2.45, 2.75) is 38.0 Å². The third-order valence-electron chi connectivity index (χ3n) is 11.9. The van der Waals surface area contributed by atoms with E-state index < -0.39 is 0 Å². The van der Waals surface area contributed by atoms with Gasteiger partial charge in [0.2, 0.25) is 0 Å². The Kier molecular flexibility index (Phi) is 7.58. The van der Waals surface area contributed by atoms with E-state index in [-0.39, 0.29) is 0 Å². The zero-order chi connectivity index (χ0) is 36.3. The maximum absolute atomic E-state index is 6.34. The summed E-state index contributed by atoms with van der Waals surface area (Å²) in [6, 6.07) is 61.5. The molecule has 0 N–H and O–H groups in total. The number of hydrogen-bond acceptors (Lipinski definition) is 3. The van der Waals surface area contributed by atoms with E-state index >= 15 is 0 Å². The minimum Gasteiger partial charge on any atom is -0.456 e. The molecule has 1 fully saturated rings. The molecule has 0 radical (unpaired) electrons. The van der Waals surface area contributed by atoms with Gasteiger partial charge in [-0.2, -0.15) is 0 Å². The first kappa shape index (κ1) is 31.9. The minimum atomic E-state index is 0.577. The second-order valence-electron chi connectivity index (χ2n) is 15.0. The predicted molar refractivity (Wildman–Crippen MR) is 230 cm³/mol. The predicted octanol–water partition coefficient (Wildman–Crippen LogP) is 15.5. The van der Waals surface area contributed by atoms with Crippen molar-refractivity contribution in [3.05, 3.63) is 175 Å². The summed E-state index contributed by atoms with van der Waals surface area (Å²) in [6.07, 6.45) is 6.45. The van der Waals surface area contributed by atoms with E-state index in [0.29, 0.717) is 5.92 Å². The summed E-state index contributed by atoms with van der Waals surface area (Å²) < 4.78 is 12.6. The molecule has 1 aliphatic carbocycles. The van der Waals surface area contributed by atoms with Crippen molar-refractivity contribution in [3.8, 4) is 22.3 Å². The molecule has 3 nitrogen and oxygen atoms in total. The first-order chi connectivity index (χ1) is 27.3. The summed E-state index contributed by atoms with van der Waals surface area (Å²) in [7, 11) is 0. The Morgan fingerprint density at radius 2 is 0.982 bits per heavy atom. The van der Waals surface area contributed by atoms with Gasteiger partial charge in [-0.15, -0.1) is 0 Å². The van der Waals surface area contributed by atoms with E-state index in [9.17, 15) is 0 Å². The molecule has 0 spiro atoms. The van der Waals surface area contributed by atoms with Crippen molar-refractivity contribution < 1.29 is 8.83 Å². The van der Waals surface area contributed by atoms with Crippen LogP contribution < -0.4 is 4.90 Å². The molecule has 3 heteroatoms. The maximum Gasteiger partial charge on any atom is 0.135 e. The summed E-state index contributed by atoms with van der Waals surface area (Å²) >= 11 is 0. The summed E-state index contributed by atoms with van der Waals surface area (Å²) in [4.78, 5) is 2.46. The second kappa shape index (κ2) is 13.1. The van der Waals surface area contributed by atoms with Crippen LogP contribution in [0.4, 0.5) is 17.1 Å². The fourth-order valence-electron chi connectivity index (χ4n) is 9.31. The molecule has 8 aromatic carbocycles. The van der Waals surface area contributed by atoms with Gasteiger partial charge in [0.05, 0.1) is 11.4 Å². The molecule has 0 amide bonds. The molecule has 0 unspecified atom stereocenters. The normalized spacial score (nSPS) is 13.7. The Balaban J connectivity index is 1.17. The molecular formula is C52H39NO2. The highest BCUT2D eigenvalue weighted by Gasteiger charge is 2.25. The molecule has 55 heavy (non-hydrogen) atoms. The molecule has 0 atom stereocenters. The third-order valence-corrected chi connectivity index (χ3v) is 11.9. The van der Waals surface area contributed by atoms with E-state index in [1.807, 2.05) is 18.2 Å². The van der Waals surface area contributed by atoms with Gasteiger partial charge in [-0.25, -0.2) is 0 Å². The molecule has 2 aromatic heterocycles. The molecule has 264 valence electrons. The number of para-hydroxylation sites is 4. The lowest BCUT2D eigenvalue weighted by molar-refractivity contribution is 0.445. The number of rotatable bonds is 6. The average Bonchev–Trinajstić information content (AvgIpc) is 3.82. The van der Waals surface area contributed by atoms with E-state index in [0.717, 1.165) is 72.1 Å². The van der Waals surface area contributed by atoms with E-state index in [2.05, 4.69) is 157 Å². The number of benzene rings is 8. The number of anilines is 3. The molecular weight excluding hydrogens is 671 g/mol. The largest absolute Gasteiger partial charge is 0.456 e. The SMILES string of the molecule is c1ccc(N(c2ccc3oc4ccccc4c3c2)c2ccccc2-c2cccc3cccc(C4CCCCC4)c23)c(-c2ccc3oc4ccccc4c3c2)c1. The minimum absolute atomic E-state index is 0.577. The Labute approximate surface area is 320 Å². The summed E-state index contributed by atoms with van der Waals surface area (Å²) in [5, 5.41) is 7.14. The molecule has 0 bridgehead atoms. The third kappa shape index (κ3) is 5.33. The molecule has 10 aromatic rings. The second-order valence-corrected chi connectivity index (χ2v) is 15.0. The van der Waals surface area contributed by atoms with Crippen LogP contribution in [-0.2, 0) is 0 Å². The van der Waals surface area contributed by atoms with Crippen LogP contribution in [0.3, 0.4) is 0 Å². The maximum atomic E-state index is 6.34. The first-order valence-corrected chi connectivity index (χ1v) is 19.6. The van der Waals surface area contributed by atoms with Crippen LogP contribution in [-0.4, -0.2) is 0 Å². The van der Waals surface area contributed by atoms with Gasteiger partial charge < -0.3 is 13.7 Å². The van der Waals surface area contributed by atoms with Crippen LogP contribution in [0.2, 0.25) is 0 Å². The van der Waals surface area contributed by atoms with Crippen LogP contribution in [0.5, 0.6) is 0 Å². The Bertz CT molecular complexity index is 3040. The molecule has 2 heterocycles. The molecule has 1 saturated carbocycles. The highest BCUT2D eigenvalue weighted by molar-refractivity contribution is 6.10. The molecule has 0 saturated heterocycles. The van der Waals surface area contributed by atoms with Gasteiger partial charge in [0, 0.05) is 38.4 Å². The van der Waals surface area contributed by atoms with Gasteiger partial charge in [0.25, 0.3) is 0 Å². The van der Waals surface area contributed by atoms with Gasteiger partial charge in [0.15, 0.2) is 0 Å². The summed E-state index contributed by atoms with van der Waals surface area (Å²) in [6.45, 7) is 0. The highest BCUT2D eigenvalue weighted by Crippen LogP contribution is 2.49. The first-order valence-electron chi connectivity index (χ1n) is 19.6. The summed E-state index contributed by atoms with van der Waals surface area (Å²) in [5.41, 5.74) is 13.1. The van der Waals surface area contributed by atoms with Crippen molar-refractivity contribution in [3.63, 3.8) is 0 Å². The zero-order valence-electron chi connectivity index (χ0n) is 30.5. The Hall–Kier alpha value is -6.58. The van der Waals surface area contributed by atoms with Crippen LogP contribution in [0.1, 0.15) is 43.6 Å². The number of fused-ring (bicyclic) bond motifs is 7. The van der Waals surface area contributed by atoms with Crippen molar-refractivity contribution in [1.82, 2.24) is 0 Å². The molecule has 11 rings (SSSR count). The molecule has 0 aliphatic heterocycles. The van der Waals surface area contributed by atoms with Gasteiger partial charge >= 0.3 is 0 Å². The van der Waals surface area contributed by atoms with Crippen LogP contribution in [0, 0.1) is 0 Å². The fourth-order valence-corrected chi connectivity index (χ4v) is 9.31. The average molecular weight is 710 g/mol. The van der Waals surface area contributed by atoms with Crippen LogP contribution in [0.25, 0.3) is 76.9 Å². The summed E-state index contributed by atoms with van der Waals surface area (Å²) in [5.74, 6) is 0.577. The molecule has 1 aliphatic rings. The van der Waals surface area contributed by atoms with Crippen molar-refractivity contribution in [2.75, 3.05) is 4.90 Å². The highest BCUT2D eigenvalue weighted by atomic mass is 16.3. The van der Waals surface area contributed by atoms with Crippen LogP contribution >= 0.6 is 0 Å². The van der Waals surface area contributed by atoms with Crippen molar-refractivity contribution >= 4 is 71.7 Å². The lowest BCUT2D eigenvalue weighted by Gasteiger charge is -2.30. The lowest BCUT2D eigenvalue weighted by Crippen LogP contribution is -2.12. The van der Waals surface area contributed by atoms with E-state index in [1.165, 1.54) is 59.6 Å². The quantitative estimate of drug-likeness (QED) is 0.172. The van der Waals surface area contributed by atoms with Gasteiger partial charge in [-0.3, -0.25) is 0 Å². The number of nitrogens with zero attached hydrogens (tertiary/aromatic N) is 1. The monoisotopic (exact) mass is 709 g/mol. The van der Waals surface area contributed by atoms with E-state index in [1.54, 1.807) is 0 Å². The zero-order valence-corrected chi connectivity index (χ0v) is 30.5. The van der Waals surface area contributed by atoms with E-state index in [4.69, 9.17) is 8.83 Å².